The molecule has 0 saturated carbocycles. The fourth-order valence-corrected chi connectivity index (χ4v) is 6.12. The topological polar surface area (TPSA) is 68.4 Å². The van der Waals surface area contributed by atoms with E-state index in [1.807, 2.05) is 24.1 Å². The van der Waals surface area contributed by atoms with Crippen molar-refractivity contribution in [2.24, 2.45) is 0 Å². The SMILES string of the molecule is CCn1cc(-c2cc3c(cc2C(F)F)N(c2nn(C4CCOCC4)c4c2CN(C(C)=O)CC4)CCC3)cn1. The molecular weight excluding hydrogens is 490 g/mol. The molecule has 3 aliphatic heterocycles. The lowest BCUT2D eigenvalue weighted by atomic mass is 9.92. The lowest BCUT2D eigenvalue weighted by Gasteiger charge is -2.33. The van der Waals surface area contributed by atoms with Gasteiger partial charge in [-0.15, -0.1) is 0 Å². The molecule has 5 heterocycles. The molecule has 2 aromatic heterocycles. The van der Waals surface area contributed by atoms with Crippen molar-refractivity contribution in [3.05, 3.63) is 46.9 Å². The molecule has 1 amide bonds. The number of anilines is 2. The summed E-state index contributed by atoms with van der Waals surface area (Å²) in [5.41, 5.74) is 5.28. The van der Waals surface area contributed by atoms with Gasteiger partial charge >= 0.3 is 0 Å². The molecule has 1 fully saturated rings. The van der Waals surface area contributed by atoms with Gasteiger partial charge in [0.2, 0.25) is 5.91 Å². The smallest absolute Gasteiger partial charge is 0.264 e. The number of ether oxygens (including phenoxy) is 1. The van der Waals surface area contributed by atoms with E-state index in [0.29, 0.717) is 50.5 Å². The number of halogens is 2. The van der Waals surface area contributed by atoms with Gasteiger partial charge in [-0.1, -0.05) is 0 Å². The Morgan fingerprint density at radius 3 is 2.71 bits per heavy atom. The Labute approximate surface area is 221 Å². The van der Waals surface area contributed by atoms with E-state index in [2.05, 4.69) is 14.7 Å². The number of carbonyl (C=O) groups excluding carboxylic acids is 1. The molecule has 202 valence electrons. The van der Waals surface area contributed by atoms with Gasteiger partial charge in [-0.2, -0.15) is 10.2 Å². The van der Waals surface area contributed by atoms with Gasteiger partial charge in [0.1, 0.15) is 0 Å². The van der Waals surface area contributed by atoms with Gasteiger partial charge in [0, 0.05) is 80.5 Å². The molecule has 0 atom stereocenters. The third-order valence-electron chi connectivity index (χ3n) is 8.18. The third kappa shape index (κ3) is 4.38. The van der Waals surface area contributed by atoms with Crippen LogP contribution in [0.1, 0.15) is 68.0 Å². The Kier molecular flexibility index (Phi) is 6.67. The molecule has 3 aliphatic rings. The second kappa shape index (κ2) is 10.1. The summed E-state index contributed by atoms with van der Waals surface area (Å²) in [6.07, 6.45) is 5.11. The van der Waals surface area contributed by atoms with E-state index in [1.165, 1.54) is 0 Å². The van der Waals surface area contributed by atoms with Gasteiger partial charge in [0.05, 0.1) is 18.8 Å². The lowest BCUT2D eigenvalue weighted by Crippen LogP contribution is -2.36. The maximum Gasteiger partial charge on any atom is 0.264 e. The summed E-state index contributed by atoms with van der Waals surface area (Å²) in [6, 6.07) is 3.82. The Bertz CT molecular complexity index is 1340. The van der Waals surface area contributed by atoms with Crippen molar-refractivity contribution in [3.8, 4) is 11.1 Å². The van der Waals surface area contributed by atoms with E-state index >= 15 is 0 Å². The Balaban J connectivity index is 1.46. The van der Waals surface area contributed by atoms with E-state index < -0.39 is 6.43 Å². The summed E-state index contributed by atoms with van der Waals surface area (Å²) in [5, 5.41) is 9.46. The van der Waals surface area contributed by atoms with Crippen molar-refractivity contribution < 1.29 is 18.3 Å². The van der Waals surface area contributed by atoms with E-state index in [9.17, 15) is 13.6 Å². The van der Waals surface area contributed by atoms with E-state index in [-0.39, 0.29) is 17.5 Å². The number of aryl methyl sites for hydroxylation is 2. The largest absolute Gasteiger partial charge is 0.381 e. The first-order valence-corrected chi connectivity index (χ1v) is 13.6. The number of benzene rings is 1. The number of alkyl halides is 2. The van der Waals surface area contributed by atoms with Crippen molar-refractivity contribution in [2.45, 2.75) is 71.5 Å². The maximum absolute atomic E-state index is 14.4. The molecule has 0 radical (unpaired) electrons. The molecule has 0 aliphatic carbocycles. The summed E-state index contributed by atoms with van der Waals surface area (Å²) in [7, 11) is 0. The fraction of sp³-hybridized carbons (Fsp3) is 0.536. The van der Waals surface area contributed by atoms with Crippen LogP contribution in [-0.4, -0.2) is 56.7 Å². The monoisotopic (exact) mass is 524 g/mol. The first-order chi connectivity index (χ1) is 18.4. The second-order valence-electron chi connectivity index (χ2n) is 10.4. The van der Waals surface area contributed by atoms with Crippen molar-refractivity contribution >= 4 is 17.4 Å². The minimum Gasteiger partial charge on any atom is -0.381 e. The minimum absolute atomic E-state index is 0.00870. The molecule has 1 saturated heterocycles. The number of aromatic nitrogens is 4. The second-order valence-corrected chi connectivity index (χ2v) is 10.4. The Morgan fingerprint density at radius 2 is 2.00 bits per heavy atom. The van der Waals surface area contributed by atoms with Crippen LogP contribution in [0.15, 0.2) is 24.5 Å². The molecule has 6 rings (SSSR count). The van der Waals surface area contributed by atoms with Crippen molar-refractivity contribution in [1.82, 2.24) is 24.5 Å². The van der Waals surface area contributed by atoms with Crippen molar-refractivity contribution in [2.75, 3.05) is 31.2 Å². The fourth-order valence-electron chi connectivity index (χ4n) is 6.12. The number of carbonyl (C=O) groups is 1. The first-order valence-electron chi connectivity index (χ1n) is 13.6. The average Bonchev–Trinajstić information content (AvgIpc) is 3.57. The van der Waals surface area contributed by atoms with Crippen LogP contribution in [0.5, 0.6) is 0 Å². The van der Waals surface area contributed by atoms with Crippen LogP contribution in [-0.2, 0) is 35.5 Å². The lowest BCUT2D eigenvalue weighted by molar-refractivity contribution is -0.129. The average molecular weight is 525 g/mol. The first kappa shape index (κ1) is 25.0. The van der Waals surface area contributed by atoms with Crippen LogP contribution in [0.25, 0.3) is 11.1 Å². The molecule has 0 N–H and O–H groups in total. The minimum atomic E-state index is -2.62. The highest BCUT2D eigenvalue weighted by Gasteiger charge is 2.34. The van der Waals surface area contributed by atoms with Crippen molar-refractivity contribution in [1.29, 1.82) is 0 Å². The van der Waals surface area contributed by atoms with Crippen LogP contribution in [0, 0.1) is 0 Å². The number of fused-ring (bicyclic) bond motifs is 2. The highest BCUT2D eigenvalue weighted by Crippen LogP contribution is 2.43. The molecule has 3 aromatic rings. The Hall–Kier alpha value is -3.27. The quantitative estimate of drug-likeness (QED) is 0.468. The zero-order valence-corrected chi connectivity index (χ0v) is 22.0. The summed E-state index contributed by atoms with van der Waals surface area (Å²) < 4.78 is 38.4. The predicted molar refractivity (Wildman–Crippen MR) is 140 cm³/mol. The van der Waals surface area contributed by atoms with E-state index in [0.717, 1.165) is 60.4 Å². The Morgan fingerprint density at radius 1 is 1.18 bits per heavy atom. The number of rotatable bonds is 5. The predicted octanol–water partition coefficient (Wildman–Crippen LogP) is 5.04. The van der Waals surface area contributed by atoms with Gasteiger partial charge < -0.3 is 14.5 Å². The van der Waals surface area contributed by atoms with Gasteiger partial charge in [-0.3, -0.25) is 14.2 Å². The molecular formula is C28H34F2N6O2. The molecule has 10 heteroatoms. The van der Waals surface area contributed by atoms with E-state index in [4.69, 9.17) is 9.84 Å². The highest BCUT2D eigenvalue weighted by atomic mass is 19.3. The van der Waals surface area contributed by atoms with E-state index in [1.54, 1.807) is 23.9 Å². The molecule has 0 bridgehead atoms. The molecule has 38 heavy (non-hydrogen) atoms. The summed E-state index contributed by atoms with van der Waals surface area (Å²) in [4.78, 5) is 16.3. The molecule has 1 aromatic carbocycles. The number of nitrogens with zero attached hydrogens (tertiary/aromatic N) is 6. The van der Waals surface area contributed by atoms with Crippen molar-refractivity contribution in [3.63, 3.8) is 0 Å². The standard InChI is InChI=1S/C28H34F2N6O2/c1-3-34-16-20(15-31-34)22-13-19-5-4-9-35(26(19)14-23(22)27(29)30)28-24-17-33(18(2)37)10-6-25(24)36(32-28)21-7-11-38-12-8-21/h13-16,21,27H,3-12,17H2,1-2H3. The van der Waals surface area contributed by atoms with Gasteiger partial charge in [0.15, 0.2) is 5.82 Å². The molecule has 0 spiro atoms. The summed E-state index contributed by atoms with van der Waals surface area (Å²) in [6.45, 7) is 7.51. The normalized spacial score (nSPS) is 18.1. The molecule has 8 nitrogen and oxygen atoms in total. The van der Waals surface area contributed by atoms with Gasteiger partial charge in [0.25, 0.3) is 6.43 Å². The van der Waals surface area contributed by atoms with Crippen LogP contribution < -0.4 is 4.90 Å². The maximum atomic E-state index is 14.4. The van der Waals surface area contributed by atoms with Crippen LogP contribution in [0.4, 0.5) is 20.3 Å². The van der Waals surface area contributed by atoms with Crippen LogP contribution in [0.3, 0.4) is 0 Å². The molecule has 0 unspecified atom stereocenters. The zero-order valence-electron chi connectivity index (χ0n) is 22.0. The summed E-state index contributed by atoms with van der Waals surface area (Å²) >= 11 is 0. The van der Waals surface area contributed by atoms with Crippen LogP contribution in [0.2, 0.25) is 0 Å². The van der Waals surface area contributed by atoms with Crippen LogP contribution >= 0.6 is 0 Å². The summed E-state index contributed by atoms with van der Waals surface area (Å²) in [5.74, 6) is 0.835. The van der Waals surface area contributed by atoms with Gasteiger partial charge in [-0.25, -0.2) is 8.78 Å². The van der Waals surface area contributed by atoms with Gasteiger partial charge in [-0.05, 0) is 55.9 Å². The highest BCUT2D eigenvalue weighted by molar-refractivity contribution is 5.78. The number of hydrogen-bond donors (Lipinski definition) is 0. The third-order valence-corrected chi connectivity index (χ3v) is 8.18. The number of amides is 1. The number of hydrogen-bond acceptors (Lipinski definition) is 5. The zero-order chi connectivity index (χ0) is 26.4.